The second kappa shape index (κ2) is 6.89. The van der Waals surface area contributed by atoms with Crippen molar-refractivity contribution in [1.82, 2.24) is 25.5 Å². The molecule has 0 saturated heterocycles. The monoisotopic (exact) mass is 292 g/mol. The molecule has 0 fully saturated rings. The van der Waals surface area contributed by atoms with E-state index in [4.69, 9.17) is 0 Å². The number of halogens is 1. The van der Waals surface area contributed by atoms with Crippen molar-refractivity contribution < 1.29 is 9.18 Å². The number of hydrogen-bond acceptors (Lipinski definition) is 5. The number of aromatic nitrogens is 4. The van der Waals surface area contributed by atoms with Gasteiger partial charge in [0, 0.05) is 12.5 Å². The molecule has 7 nitrogen and oxygen atoms in total. The molecule has 0 aliphatic heterocycles. The molecule has 0 aliphatic carbocycles. The Kier molecular flexibility index (Phi) is 4.94. The molecular weight excluding hydrogens is 275 g/mol. The third-order valence-electron chi connectivity index (χ3n) is 2.97. The van der Waals surface area contributed by atoms with Crippen molar-refractivity contribution in [3.8, 4) is 5.69 Å². The molecule has 2 N–H and O–H groups in total. The maximum atomic E-state index is 13.8. The molecule has 0 saturated carbocycles. The van der Waals surface area contributed by atoms with Gasteiger partial charge in [0.2, 0.25) is 5.91 Å². The minimum atomic E-state index is -0.504. The first-order chi connectivity index (χ1) is 10.1. The number of carbonyl (C=O) groups excluding carboxylic acids is 1. The van der Waals surface area contributed by atoms with Crippen LogP contribution in [0.15, 0.2) is 24.5 Å². The van der Waals surface area contributed by atoms with Crippen molar-refractivity contribution in [3.05, 3.63) is 30.3 Å². The van der Waals surface area contributed by atoms with Gasteiger partial charge in [0.1, 0.15) is 12.1 Å². The third kappa shape index (κ3) is 3.82. The molecule has 1 unspecified atom stereocenters. The Morgan fingerprint density at radius 1 is 1.48 bits per heavy atom. The van der Waals surface area contributed by atoms with Crippen LogP contribution in [-0.4, -0.2) is 39.2 Å². The minimum absolute atomic E-state index is 0.108. The topological polar surface area (TPSA) is 84.7 Å². The van der Waals surface area contributed by atoms with E-state index in [0.29, 0.717) is 12.2 Å². The lowest BCUT2D eigenvalue weighted by atomic mass is 10.1. The van der Waals surface area contributed by atoms with Crippen LogP contribution in [0, 0.1) is 11.7 Å². The summed E-state index contributed by atoms with van der Waals surface area (Å²) < 4.78 is 15.2. The summed E-state index contributed by atoms with van der Waals surface area (Å²) in [4.78, 5) is 12.0. The van der Waals surface area contributed by atoms with Crippen molar-refractivity contribution in [1.29, 1.82) is 0 Å². The fraction of sp³-hybridized carbons (Fsp3) is 0.385. The minimum Gasteiger partial charge on any atom is -0.323 e. The number of nitrogens with one attached hydrogen (secondary N) is 2. The number of nitrogens with zero attached hydrogens (tertiary/aromatic N) is 4. The van der Waals surface area contributed by atoms with E-state index < -0.39 is 5.82 Å². The number of benzene rings is 1. The first-order valence-electron chi connectivity index (χ1n) is 6.66. The van der Waals surface area contributed by atoms with Crippen molar-refractivity contribution >= 4 is 11.6 Å². The second-order valence-corrected chi connectivity index (χ2v) is 4.62. The molecule has 1 amide bonds. The summed E-state index contributed by atoms with van der Waals surface area (Å²) in [6.45, 7) is 5.05. The number of amides is 1. The highest BCUT2D eigenvalue weighted by Crippen LogP contribution is 2.19. The molecule has 1 atom stereocenters. The predicted molar refractivity (Wildman–Crippen MR) is 75.4 cm³/mol. The summed E-state index contributed by atoms with van der Waals surface area (Å²) in [5.74, 6) is -1.01. The molecule has 1 aromatic heterocycles. The van der Waals surface area contributed by atoms with Crippen LogP contribution in [0.25, 0.3) is 5.69 Å². The van der Waals surface area contributed by atoms with Gasteiger partial charge in [0.15, 0.2) is 0 Å². The summed E-state index contributed by atoms with van der Waals surface area (Å²) >= 11 is 0. The Hall–Kier alpha value is -2.35. The van der Waals surface area contributed by atoms with Crippen molar-refractivity contribution in [2.75, 3.05) is 18.4 Å². The molecule has 1 heterocycles. The lowest BCUT2D eigenvalue weighted by Crippen LogP contribution is -2.30. The highest BCUT2D eigenvalue weighted by molar-refractivity contribution is 5.92. The molecule has 21 heavy (non-hydrogen) atoms. The first kappa shape index (κ1) is 15.0. The van der Waals surface area contributed by atoms with Crippen LogP contribution in [0.5, 0.6) is 0 Å². The van der Waals surface area contributed by atoms with Crippen LogP contribution in [-0.2, 0) is 4.79 Å². The number of tetrazole rings is 1. The van der Waals surface area contributed by atoms with Crippen LogP contribution in [0.3, 0.4) is 0 Å². The van der Waals surface area contributed by atoms with E-state index in [9.17, 15) is 9.18 Å². The van der Waals surface area contributed by atoms with Crippen LogP contribution in [0.4, 0.5) is 10.1 Å². The van der Waals surface area contributed by atoms with E-state index in [0.717, 1.165) is 6.54 Å². The fourth-order valence-electron chi connectivity index (χ4n) is 1.74. The number of hydrogen-bond donors (Lipinski definition) is 2. The Balaban J connectivity index is 2.12. The lowest BCUT2D eigenvalue weighted by molar-refractivity contribution is -0.119. The first-order valence-corrected chi connectivity index (χ1v) is 6.66. The highest BCUT2D eigenvalue weighted by Gasteiger charge is 2.15. The van der Waals surface area contributed by atoms with E-state index >= 15 is 0 Å². The van der Waals surface area contributed by atoms with Gasteiger partial charge >= 0.3 is 0 Å². The third-order valence-corrected chi connectivity index (χ3v) is 2.97. The maximum absolute atomic E-state index is 13.8. The van der Waals surface area contributed by atoms with Gasteiger partial charge in [-0.3, -0.25) is 4.79 Å². The van der Waals surface area contributed by atoms with Gasteiger partial charge < -0.3 is 10.6 Å². The Labute approximate surface area is 121 Å². The molecule has 8 heteroatoms. The van der Waals surface area contributed by atoms with Crippen LogP contribution >= 0.6 is 0 Å². The van der Waals surface area contributed by atoms with Crippen LogP contribution in [0.2, 0.25) is 0 Å². The second-order valence-electron chi connectivity index (χ2n) is 4.62. The van der Waals surface area contributed by atoms with E-state index in [-0.39, 0.29) is 17.5 Å². The zero-order valence-corrected chi connectivity index (χ0v) is 11.9. The Morgan fingerprint density at radius 2 is 2.29 bits per heavy atom. The SMILES string of the molecule is CCNCC(C)C(=O)Nc1cc(-n2cnnn2)ccc1F. The Bertz CT molecular complexity index is 601. The van der Waals surface area contributed by atoms with Gasteiger partial charge in [-0.25, -0.2) is 9.07 Å². The normalized spacial score (nSPS) is 12.1. The quantitative estimate of drug-likeness (QED) is 0.829. The van der Waals surface area contributed by atoms with E-state index in [1.807, 2.05) is 6.92 Å². The average molecular weight is 292 g/mol. The fourth-order valence-corrected chi connectivity index (χ4v) is 1.74. The van der Waals surface area contributed by atoms with Crippen molar-refractivity contribution in [2.45, 2.75) is 13.8 Å². The van der Waals surface area contributed by atoms with Gasteiger partial charge in [-0.05, 0) is 35.2 Å². The van der Waals surface area contributed by atoms with E-state index in [1.54, 1.807) is 6.92 Å². The maximum Gasteiger partial charge on any atom is 0.228 e. The standard InChI is InChI=1S/C13H17FN6O/c1-3-15-7-9(2)13(21)17-12-6-10(4-5-11(12)14)20-8-16-18-19-20/h4-6,8-9,15H,3,7H2,1-2H3,(H,17,21). The highest BCUT2D eigenvalue weighted by atomic mass is 19.1. The largest absolute Gasteiger partial charge is 0.323 e. The van der Waals surface area contributed by atoms with Gasteiger partial charge in [-0.2, -0.15) is 0 Å². The summed E-state index contributed by atoms with van der Waals surface area (Å²) in [6, 6.07) is 4.29. The number of carbonyl (C=O) groups is 1. The van der Waals surface area contributed by atoms with Crippen molar-refractivity contribution in [3.63, 3.8) is 0 Å². The molecule has 0 bridgehead atoms. The molecule has 0 radical (unpaired) electrons. The van der Waals surface area contributed by atoms with Crippen LogP contribution < -0.4 is 10.6 Å². The smallest absolute Gasteiger partial charge is 0.228 e. The van der Waals surface area contributed by atoms with Gasteiger partial charge in [0.25, 0.3) is 0 Å². The van der Waals surface area contributed by atoms with E-state index in [1.165, 1.54) is 29.2 Å². The lowest BCUT2D eigenvalue weighted by Gasteiger charge is -2.13. The summed E-state index contributed by atoms with van der Waals surface area (Å²) in [5.41, 5.74) is 0.674. The average Bonchev–Trinajstić information content (AvgIpc) is 3.01. The number of rotatable bonds is 6. The molecule has 0 aliphatic rings. The number of anilines is 1. The zero-order chi connectivity index (χ0) is 15.2. The van der Waals surface area contributed by atoms with Gasteiger partial charge in [0.05, 0.1) is 11.4 Å². The molecule has 112 valence electrons. The summed E-state index contributed by atoms with van der Waals surface area (Å²) in [5, 5.41) is 16.4. The zero-order valence-electron chi connectivity index (χ0n) is 11.9. The summed E-state index contributed by atoms with van der Waals surface area (Å²) in [6.07, 6.45) is 1.40. The molecule has 0 spiro atoms. The van der Waals surface area contributed by atoms with Gasteiger partial charge in [-0.1, -0.05) is 13.8 Å². The van der Waals surface area contributed by atoms with E-state index in [2.05, 4.69) is 26.2 Å². The van der Waals surface area contributed by atoms with Crippen molar-refractivity contribution in [2.24, 2.45) is 5.92 Å². The molecular formula is C13H17FN6O. The molecule has 2 aromatic rings. The summed E-state index contributed by atoms with van der Waals surface area (Å²) in [7, 11) is 0. The van der Waals surface area contributed by atoms with Gasteiger partial charge in [-0.15, -0.1) is 5.10 Å². The Morgan fingerprint density at radius 3 is 2.95 bits per heavy atom. The molecule has 1 aromatic carbocycles. The molecule has 2 rings (SSSR count). The predicted octanol–water partition coefficient (Wildman–Crippen LogP) is 0.985. The van der Waals surface area contributed by atoms with Crippen LogP contribution in [0.1, 0.15) is 13.8 Å².